The fourth-order valence-electron chi connectivity index (χ4n) is 2.28. The van der Waals surface area contributed by atoms with Gasteiger partial charge in [-0.05, 0) is 38.0 Å². The van der Waals surface area contributed by atoms with Crippen LogP contribution in [0.15, 0.2) is 17.2 Å². The van der Waals surface area contributed by atoms with Gasteiger partial charge in [-0.3, -0.25) is 0 Å². The van der Waals surface area contributed by atoms with E-state index in [1.807, 2.05) is 11.8 Å². The molecule has 0 atom stereocenters. The lowest BCUT2D eigenvalue weighted by molar-refractivity contribution is 0.420. The Hall–Kier alpha value is -0.500. The molecule has 0 aromatic carbocycles. The summed E-state index contributed by atoms with van der Waals surface area (Å²) in [5, 5.41) is 0.794. The van der Waals surface area contributed by atoms with E-state index < -0.39 is 10.0 Å². The molecule has 1 aliphatic carbocycles. The molecule has 0 bridgehead atoms. The van der Waals surface area contributed by atoms with Gasteiger partial charge in [0.25, 0.3) is 0 Å². The molecule has 0 amide bonds. The maximum absolute atomic E-state index is 12.3. The van der Waals surface area contributed by atoms with Crippen molar-refractivity contribution in [1.82, 2.24) is 9.71 Å². The van der Waals surface area contributed by atoms with Crippen molar-refractivity contribution in [1.29, 1.82) is 0 Å². The molecule has 0 unspecified atom stereocenters. The van der Waals surface area contributed by atoms with Gasteiger partial charge in [0, 0.05) is 17.5 Å². The number of hydrogen-bond acceptors (Lipinski definition) is 5. The number of halogens is 1. The largest absolute Gasteiger partial charge is 0.382 e. The molecule has 112 valence electrons. The number of anilines is 1. The molecule has 5 nitrogen and oxygen atoms in total. The number of hydrogen-bond donors (Lipinski definition) is 2. The molecule has 1 aromatic rings. The molecule has 1 aromatic heterocycles. The third kappa shape index (κ3) is 3.78. The second-order valence-electron chi connectivity index (χ2n) is 4.87. The first-order valence-electron chi connectivity index (χ1n) is 6.38. The third-order valence-electron chi connectivity index (χ3n) is 3.48. The minimum atomic E-state index is -3.58. The predicted molar refractivity (Wildman–Crippen MR) is 83.5 cm³/mol. The Morgan fingerprint density at radius 2 is 2.05 bits per heavy atom. The molecule has 0 aliphatic heterocycles. The first-order chi connectivity index (χ1) is 9.42. The van der Waals surface area contributed by atoms with Crippen LogP contribution >= 0.6 is 23.4 Å². The summed E-state index contributed by atoms with van der Waals surface area (Å²) in [6.45, 7) is 0. The summed E-state index contributed by atoms with van der Waals surface area (Å²) in [6.07, 6.45) is 7.13. The highest BCUT2D eigenvalue weighted by Gasteiger charge is 2.25. The van der Waals surface area contributed by atoms with Gasteiger partial charge in [-0.1, -0.05) is 11.6 Å². The highest BCUT2D eigenvalue weighted by atomic mass is 35.5. The Labute approximate surface area is 128 Å². The first kappa shape index (κ1) is 15.9. The lowest BCUT2D eigenvalue weighted by Crippen LogP contribution is -2.38. The van der Waals surface area contributed by atoms with E-state index >= 15 is 0 Å². The highest BCUT2D eigenvalue weighted by Crippen LogP contribution is 2.28. The molecule has 2 rings (SSSR count). The van der Waals surface area contributed by atoms with E-state index in [2.05, 4.69) is 16.0 Å². The van der Waals surface area contributed by atoms with E-state index in [4.69, 9.17) is 17.3 Å². The maximum Gasteiger partial charge on any atom is 0.242 e. The van der Waals surface area contributed by atoms with Gasteiger partial charge in [0.2, 0.25) is 10.0 Å². The summed E-state index contributed by atoms with van der Waals surface area (Å²) in [6, 6.07) is 1.32. The Balaban J connectivity index is 2.06. The van der Waals surface area contributed by atoms with E-state index in [-0.39, 0.29) is 21.8 Å². The first-order valence-corrected chi connectivity index (χ1v) is 9.53. The zero-order valence-electron chi connectivity index (χ0n) is 11.2. The lowest BCUT2D eigenvalue weighted by Gasteiger charge is -2.27. The molecule has 1 fully saturated rings. The van der Waals surface area contributed by atoms with Crippen LogP contribution in [0, 0.1) is 0 Å². The maximum atomic E-state index is 12.3. The van der Waals surface area contributed by atoms with Crippen molar-refractivity contribution in [3.05, 3.63) is 17.3 Å². The molecule has 1 aliphatic rings. The van der Waals surface area contributed by atoms with Crippen LogP contribution in [0.5, 0.6) is 0 Å². The van der Waals surface area contributed by atoms with Crippen molar-refractivity contribution in [2.24, 2.45) is 0 Å². The van der Waals surface area contributed by atoms with Crippen LogP contribution in [0.25, 0.3) is 0 Å². The smallest absolute Gasteiger partial charge is 0.242 e. The number of thioether (sulfide) groups is 1. The molecule has 8 heteroatoms. The van der Waals surface area contributed by atoms with Crippen LogP contribution in [-0.4, -0.2) is 30.9 Å². The summed E-state index contributed by atoms with van der Waals surface area (Å²) in [5.74, 6) is 0.131. The summed E-state index contributed by atoms with van der Waals surface area (Å²) >= 11 is 7.67. The summed E-state index contributed by atoms with van der Waals surface area (Å²) in [5.41, 5.74) is 5.49. The van der Waals surface area contributed by atoms with Crippen molar-refractivity contribution in [2.75, 3.05) is 12.0 Å². The van der Waals surface area contributed by atoms with Gasteiger partial charge in [0.15, 0.2) is 0 Å². The fraction of sp³-hybridized carbons (Fsp3) is 0.583. The van der Waals surface area contributed by atoms with Gasteiger partial charge in [-0.15, -0.1) is 0 Å². The quantitative estimate of drug-likeness (QED) is 0.881. The van der Waals surface area contributed by atoms with Crippen LogP contribution in [0.1, 0.15) is 25.7 Å². The third-order valence-corrected chi connectivity index (χ3v) is 6.41. The van der Waals surface area contributed by atoms with Gasteiger partial charge >= 0.3 is 0 Å². The number of nitrogens with one attached hydrogen (secondary N) is 1. The van der Waals surface area contributed by atoms with Crippen LogP contribution < -0.4 is 10.5 Å². The molecular formula is C12H18ClN3O2S2. The Kier molecular flexibility index (Phi) is 5.17. The molecule has 0 spiro atoms. The van der Waals surface area contributed by atoms with Crippen LogP contribution in [0.2, 0.25) is 5.02 Å². The van der Waals surface area contributed by atoms with Gasteiger partial charge < -0.3 is 5.73 Å². The van der Waals surface area contributed by atoms with Crippen molar-refractivity contribution >= 4 is 39.2 Å². The highest BCUT2D eigenvalue weighted by molar-refractivity contribution is 7.99. The average molecular weight is 336 g/mol. The summed E-state index contributed by atoms with van der Waals surface area (Å²) < 4.78 is 27.2. The Morgan fingerprint density at radius 3 is 2.60 bits per heavy atom. The molecule has 3 N–H and O–H groups in total. The van der Waals surface area contributed by atoms with Crippen molar-refractivity contribution in [3.8, 4) is 0 Å². The van der Waals surface area contributed by atoms with Crippen LogP contribution in [-0.2, 0) is 10.0 Å². The van der Waals surface area contributed by atoms with E-state index in [9.17, 15) is 8.42 Å². The van der Waals surface area contributed by atoms with Crippen molar-refractivity contribution in [2.45, 2.75) is 41.9 Å². The fourth-order valence-corrected chi connectivity index (χ4v) is 4.53. The lowest BCUT2D eigenvalue weighted by atomic mass is 9.96. The number of pyridine rings is 1. The number of nitrogen functional groups attached to an aromatic ring is 1. The molecular weight excluding hydrogens is 318 g/mol. The van der Waals surface area contributed by atoms with Gasteiger partial charge in [0.05, 0.1) is 5.02 Å². The van der Waals surface area contributed by atoms with E-state index in [1.165, 1.54) is 12.3 Å². The number of sulfonamides is 1. The van der Waals surface area contributed by atoms with Crippen molar-refractivity contribution in [3.63, 3.8) is 0 Å². The topological polar surface area (TPSA) is 85.1 Å². The average Bonchev–Trinajstić information content (AvgIpc) is 2.42. The minimum Gasteiger partial charge on any atom is -0.382 e. The SMILES string of the molecule is CSC1CCC(NS(=O)(=O)c2cnc(N)c(Cl)c2)CC1. The zero-order chi connectivity index (χ0) is 14.8. The molecule has 0 radical (unpaired) electrons. The normalized spacial score (nSPS) is 23.7. The molecule has 20 heavy (non-hydrogen) atoms. The predicted octanol–water partition coefficient (Wildman–Crippen LogP) is 2.27. The standard InChI is InChI=1S/C12H18ClN3O2S2/c1-19-9-4-2-8(3-5-9)16-20(17,18)10-6-11(13)12(14)15-7-10/h6-9,16H,2-5H2,1H3,(H2,14,15). The van der Waals surface area contributed by atoms with Gasteiger partial charge in [0.1, 0.15) is 10.7 Å². The number of nitrogens with two attached hydrogens (primary N) is 1. The van der Waals surface area contributed by atoms with Gasteiger partial charge in [-0.25, -0.2) is 18.1 Å². The summed E-state index contributed by atoms with van der Waals surface area (Å²) in [7, 11) is -3.58. The number of rotatable bonds is 4. The van der Waals surface area contributed by atoms with Crippen LogP contribution in [0.4, 0.5) is 5.82 Å². The monoisotopic (exact) mass is 335 g/mol. The van der Waals surface area contributed by atoms with E-state index in [0.29, 0.717) is 5.25 Å². The minimum absolute atomic E-state index is 0.0141. The summed E-state index contributed by atoms with van der Waals surface area (Å²) in [4.78, 5) is 3.85. The van der Waals surface area contributed by atoms with E-state index in [0.717, 1.165) is 25.7 Å². The van der Waals surface area contributed by atoms with Crippen molar-refractivity contribution < 1.29 is 8.42 Å². The van der Waals surface area contributed by atoms with Crippen LogP contribution in [0.3, 0.4) is 0 Å². The number of nitrogens with zero attached hydrogens (tertiary/aromatic N) is 1. The Bertz CT molecular complexity index is 572. The second kappa shape index (κ2) is 6.51. The molecule has 0 saturated heterocycles. The van der Waals surface area contributed by atoms with Gasteiger partial charge in [-0.2, -0.15) is 11.8 Å². The Morgan fingerprint density at radius 1 is 1.40 bits per heavy atom. The second-order valence-corrected chi connectivity index (χ2v) is 8.13. The molecule has 1 saturated carbocycles. The number of aromatic nitrogens is 1. The molecule has 1 heterocycles. The van der Waals surface area contributed by atoms with E-state index in [1.54, 1.807) is 0 Å². The zero-order valence-corrected chi connectivity index (χ0v) is 13.6.